The van der Waals surface area contributed by atoms with Gasteiger partial charge in [0.1, 0.15) is 0 Å². The topological polar surface area (TPSA) is 35.6 Å². The number of fused-ring (bicyclic) bond motifs is 21. The second-order valence-corrected chi connectivity index (χ2v) is 17.4. The van der Waals surface area contributed by atoms with Crippen LogP contribution in [0.15, 0.2) is 170 Å². The van der Waals surface area contributed by atoms with Gasteiger partial charge in [0, 0.05) is 85.7 Å². The Morgan fingerprint density at radius 3 is 1.34 bits per heavy atom. The van der Waals surface area contributed by atoms with E-state index in [2.05, 4.69) is 167 Å². The van der Waals surface area contributed by atoms with E-state index >= 15 is 0 Å². The first kappa shape index (κ1) is 31.0. The van der Waals surface area contributed by atoms with E-state index in [9.17, 15) is 0 Å². The van der Waals surface area contributed by atoms with E-state index in [1.807, 2.05) is 35.1 Å². The van der Waals surface area contributed by atoms with Crippen LogP contribution in [0.4, 0.5) is 0 Å². The Morgan fingerprint density at radius 1 is 0.328 bits per heavy atom. The number of hydrogen-bond acceptors (Lipinski definition) is 4. The zero-order valence-electron chi connectivity index (χ0n) is 30.8. The van der Waals surface area contributed by atoms with E-state index in [-0.39, 0.29) is 0 Å². The summed E-state index contributed by atoms with van der Waals surface area (Å²) < 4.78 is 10.2. The lowest BCUT2D eigenvalue weighted by Gasteiger charge is -2.17. The first-order valence-corrected chi connectivity index (χ1v) is 21.2. The van der Waals surface area contributed by atoms with Gasteiger partial charge in [-0.05, 0) is 88.3 Å². The Bertz CT molecular complexity index is 4110. The summed E-state index contributed by atoms with van der Waals surface area (Å²) >= 11 is 3.72. The molecule has 0 unspecified atom stereocenters. The van der Waals surface area contributed by atoms with Gasteiger partial charge in [-0.15, -0.1) is 22.7 Å². The van der Waals surface area contributed by atoms with Crippen molar-refractivity contribution in [3.8, 4) is 11.4 Å². The Balaban J connectivity index is 1.25. The summed E-state index contributed by atoms with van der Waals surface area (Å²) in [5.41, 5.74) is 8.80. The van der Waals surface area contributed by atoms with Crippen molar-refractivity contribution >= 4 is 139 Å². The average molecular weight is 773 g/mol. The molecule has 8 aromatic carbocycles. The highest BCUT2D eigenvalue weighted by molar-refractivity contribution is 7.26. The molecule has 14 rings (SSSR count). The lowest BCUT2D eigenvalue weighted by molar-refractivity contribution is 1.18. The predicted molar refractivity (Wildman–Crippen MR) is 249 cm³/mol. The summed E-state index contributed by atoms with van der Waals surface area (Å²) in [6, 6.07) is 58.0. The fourth-order valence-corrected chi connectivity index (χ4v) is 12.3. The lowest BCUT2D eigenvalue weighted by atomic mass is 9.91. The fraction of sp³-hybridized carbons (Fsp3) is 0. The Kier molecular flexibility index (Phi) is 6.02. The highest BCUT2D eigenvalue weighted by atomic mass is 32.1. The molecule has 6 heterocycles. The van der Waals surface area contributed by atoms with Crippen LogP contribution in [0.1, 0.15) is 0 Å². The largest absolute Gasteiger partial charge is 0.307 e. The van der Waals surface area contributed by atoms with Crippen LogP contribution >= 0.6 is 22.7 Å². The Morgan fingerprint density at radius 2 is 0.759 bits per heavy atom. The zero-order chi connectivity index (χ0) is 37.6. The first-order chi connectivity index (χ1) is 28.8. The third-order valence-corrected chi connectivity index (χ3v) is 14.6. The Hall–Kier alpha value is -7.12. The number of benzene rings is 8. The van der Waals surface area contributed by atoms with Gasteiger partial charge in [0.2, 0.25) is 0 Å². The molecule has 0 amide bonds. The molecule has 0 saturated heterocycles. The SMILES string of the molecule is c1ccc2c(c1)sc1cc(-n3c4cccnc4c4c5ccccc5c5c(c6ccccc6c6c7ncccc7n(-c7ccc8sc9ccccc9c8c7)c65)c43)ccc12. The van der Waals surface area contributed by atoms with Crippen LogP contribution in [0, 0.1) is 0 Å². The molecule has 0 N–H and O–H groups in total. The van der Waals surface area contributed by atoms with Crippen molar-refractivity contribution in [2.45, 2.75) is 0 Å². The number of pyridine rings is 2. The fourth-order valence-electron chi connectivity index (χ4n) is 10.1. The second kappa shape index (κ2) is 11.3. The lowest BCUT2D eigenvalue weighted by Crippen LogP contribution is -1.98. The highest BCUT2D eigenvalue weighted by Gasteiger charge is 2.27. The molecule has 6 aromatic heterocycles. The number of hydrogen-bond donors (Lipinski definition) is 0. The van der Waals surface area contributed by atoms with Gasteiger partial charge in [-0.3, -0.25) is 9.97 Å². The van der Waals surface area contributed by atoms with Gasteiger partial charge in [0.25, 0.3) is 0 Å². The molecule has 4 nitrogen and oxygen atoms in total. The molecular weight excluding hydrogens is 745 g/mol. The van der Waals surface area contributed by atoms with E-state index in [4.69, 9.17) is 9.97 Å². The minimum absolute atomic E-state index is 1.01. The van der Waals surface area contributed by atoms with Crippen molar-refractivity contribution < 1.29 is 0 Å². The minimum atomic E-state index is 1.01. The van der Waals surface area contributed by atoms with E-state index in [1.54, 1.807) is 0 Å². The summed E-state index contributed by atoms with van der Waals surface area (Å²) in [6.07, 6.45) is 3.88. The third-order valence-electron chi connectivity index (χ3n) is 12.3. The number of aromatic nitrogens is 4. The molecule has 0 bridgehead atoms. The minimum Gasteiger partial charge on any atom is -0.307 e. The number of thiophene rings is 2. The highest BCUT2D eigenvalue weighted by Crippen LogP contribution is 2.50. The maximum absolute atomic E-state index is 5.17. The van der Waals surface area contributed by atoms with Crippen LogP contribution in [0.3, 0.4) is 0 Å². The van der Waals surface area contributed by atoms with Crippen molar-refractivity contribution in [2.75, 3.05) is 0 Å². The van der Waals surface area contributed by atoms with Crippen LogP contribution < -0.4 is 0 Å². The summed E-state index contributed by atoms with van der Waals surface area (Å²) in [7, 11) is 0. The van der Waals surface area contributed by atoms with Gasteiger partial charge in [-0.25, -0.2) is 0 Å². The standard InChI is InChI=1S/C52H28N4S2/c1-4-16-37-34(13-1)45-46(52-48(37)50-40(18-10-26-54-50)56(52)30-21-23-33-31-11-5-7-19-41(31)58-44(33)28-30)35-14-2-3-15-36(35)47-49-39(17-9-25-53-49)55(51(45)47)29-22-24-43-38(27-29)32-12-6-8-20-42(32)57-43/h1-28H. The quantitative estimate of drug-likeness (QED) is 0.164. The van der Waals surface area contributed by atoms with Crippen molar-refractivity contribution in [1.29, 1.82) is 0 Å². The second-order valence-electron chi connectivity index (χ2n) is 15.3. The van der Waals surface area contributed by atoms with Gasteiger partial charge < -0.3 is 9.13 Å². The van der Waals surface area contributed by atoms with E-state index in [1.165, 1.54) is 94.5 Å². The molecule has 0 aliphatic rings. The van der Waals surface area contributed by atoms with Gasteiger partial charge in [0.15, 0.2) is 0 Å². The monoisotopic (exact) mass is 772 g/mol. The first-order valence-electron chi connectivity index (χ1n) is 19.6. The molecule has 268 valence electrons. The summed E-state index contributed by atoms with van der Waals surface area (Å²) in [4.78, 5) is 10.3. The van der Waals surface area contributed by atoms with E-state index < -0.39 is 0 Å². The van der Waals surface area contributed by atoms with Crippen LogP contribution in [0.5, 0.6) is 0 Å². The van der Waals surface area contributed by atoms with Crippen LogP contribution in [-0.2, 0) is 0 Å². The van der Waals surface area contributed by atoms with Gasteiger partial charge in [-0.2, -0.15) is 0 Å². The van der Waals surface area contributed by atoms with Gasteiger partial charge >= 0.3 is 0 Å². The normalized spacial score (nSPS) is 12.5. The molecule has 0 aliphatic carbocycles. The van der Waals surface area contributed by atoms with Crippen LogP contribution in [0.2, 0.25) is 0 Å². The molecule has 0 radical (unpaired) electrons. The molecule has 0 fully saturated rings. The van der Waals surface area contributed by atoms with Gasteiger partial charge in [-0.1, -0.05) is 91.0 Å². The Labute approximate surface area is 338 Å². The van der Waals surface area contributed by atoms with Gasteiger partial charge in [0.05, 0.1) is 33.1 Å². The third kappa shape index (κ3) is 3.93. The molecular formula is C52H28N4S2. The number of rotatable bonds is 2. The van der Waals surface area contributed by atoms with E-state index in [0.717, 1.165) is 33.4 Å². The molecule has 6 heteroatoms. The van der Waals surface area contributed by atoms with Crippen molar-refractivity contribution in [1.82, 2.24) is 19.1 Å². The number of nitrogens with zero attached hydrogens (tertiary/aromatic N) is 4. The molecule has 14 aromatic rings. The molecule has 0 saturated carbocycles. The van der Waals surface area contributed by atoms with Crippen molar-refractivity contribution in [3.05, 3.63) is 170 Å². The van der Waals surface area contributed by atoms with Crippen molar-refractivity contribution in [3.63, 3.8) is 0 Å². The summed E-state index contributed by atoms with van der Waals surface area (Å²) in [6.45, 7) is 0. The zero-order valence-corrected chi connectivity index (χ0v) is 32.4. The summed E-state index contributed by atoms with van der Waals surface area (Å²) in [5.74, 6) is 0. The summed E-state index contributed by atoms with van der Waals surface area (Å²) in [5, 5.41) is 14.7. The van der Waals surface area contributed by atoms with Crippen LogP contribution in [0.25, 0.3) is 128 Å². The maximum Gasteiger partial charge on any atom is 0.0969 e. The van der Waals surface area contributed by atoms with E-state index in [0.29, 0.717) is 0 Å². The maximum atomic E-state index is 5.17. The molecule has 0 spiro atoms. The predicted octanol–water partition coefficient (Wildman–Crippen LogP) is 14.9. The molecule has 0 atom stereocenters. The van der Waals surface area contributed by atoms with Crippen molar-refractivity contribution in [2.24, 2.45) is 0 Å². The molecule has 58 heavy (non-hydrogen) atoms. The molecule has 0 aliphatic heterocycles. The average Bonchev–Trinajstić information content (AvgIpc) is 4.03. The smallest absolute Gasteiger partial charge is 0.0969 e. The van der Waals surface area contributed by atoms with Crippen LogP contribution in [-0.4, -0.2) is 19.1 Å².